The van der Waals surface area contributed by atoms with E-state index in [1.54, 1.807) is 12.1 Å². The van der Waals surface area contributed by atoms with Crippen LogP contribution < -0.4 is 15.5 Å². The van der Waals surface area contributed by atoms with Gasteiger partial charge in [0.25, 0.3) is 5.91 Å². The highest BCUT2D eigenvalue weighted by atomic mass is 19.4. The third-order valence-corrected chi connectivity index (χ3v) is 7.82. The van der Waals surface area contributed by atoms with Crippen molar-refractivity contribution in [3.63, 3.8) is 0 Å². The lowest BCUT2D eigenvalue weighted by Gasteiger charge is -2.40. The Bertz CT molecular complexity index is 1570. The number of nitrogens with one attached hydrogen (secondary N) is 2. The summed E-state index contributed by atoms with van der Waals surface area (Å²) >= 11 is 0. The van der Waals surface area contributed by atoms with Crippen molar-refractivity contribution in [1.82, 2.24) is 15.3 Å². The summed E-state index contributed by atoms with van der Waals surface area (Å²) in [5, 5.41) is 14.6. The van der Waals surface area contributed by atoms with Crippen molar-refractivity contribution in [2.45, 2.75) is 44.8 Å². The van der Waals surface area contributed by atoms with Gasteiger partial charge < -0.3 is 25.4 Å². The van der Waals surface area contributed by atoms with E-state index in [0.717, 1.165) is 46.0 Å². The minimum Gasteiger partial charge on any atom is -0.465 e. The zero-order chi connectivity index (χ0) is 30.8. The van der Waals surface area contributed by atoms with Gasteiger partial charge in [0.05, 0.1) is 18.9 Å². The molecule has 2 amide bonds. The predicted molar refractivity (Wildman–Crippen MR) is 156 cm³/mol. The van der Waals surface area contributed by atoms with Gasteiger partial charge in [-0.2, -0.15) is 13.2 Å². The Balaban J connectivity index is 1.46. The highest BCUT2D eigenvalue weighted by Gasteiger charge is 2.33. The number of piperidine rings is 1. The molecule has 0 aliphatic carbocycles. The molecule has 2 aromatic heterocycles. The number of carbonyl (C=O) groups is 2. The maximum atomic E-state index is 13.1. The lowest BCUT2D eigenvalue weighted by molar-refractivity contribution is -0.141. The van der Waals surface area contributed by atoms with E-state index in [4.69, 9.17) is 9.72 Å². The van der Waals surface area contributed by atoms with Crippen molar-refractivity contribution in [2.24, 2.45) is 0 Å². The molecule has 0 bridgehead atoms. The van der Waals surface area contributed by atoms with Crippen LogP contribution in [0, 0.1) is 6.92 Å². The Morgan fingerprint density at radius 3 is 2.53 bits per heavy atom. The Labute approximate surface area is 246 Å². The lowest BCUT2D eigenvalue weighted by atomic mass is 9.89. The summed E-state index contributed by atoms with van der Waals surface area (Å²) in [5.74, 6) is 0.0695. The number of nitrogens with zero attached hydrogens (tertiary/aromatic N) is 3. The first-order valence-electron chi connectivity index (χ1n) is 13.9. The third kappa shape index (κ3) is 7.14. The Morgan fingerprint density at radius 2 is 1.86 bits per heavy atom. The number of anilines is 2. The first-order chi connectivity index (χ1) is 20.4. The number of carbonyl (C=O) groups excluding carboxylic acids is 1. The van der Waals surface area contributed by atoms with E-state index in [0.29, 0.717) is 51.3 Å². The van der Waals surface area contributed by atoms with E-state index in [1.165, 1.54) is 6.07 Å². The molecule has 3 aromatic rings. The standard InChI is InChI=1S/C31H32F3N5O4/c1-19-3-4-23(36-28(40)21-5-10-35-26(16-21)31(32,33)34)18-24(19)22-15-25(20-6-13-43-14-7-20)37-27(17-22)39-11-8-30(2,9-12-39)38-29(41)42/h3-6,10,15-18,38H,7-9,11-14H2,1-2H3,(H,36,40)(H,41,42). The third-order valence-electron chi connectivity index (χ3n) is 7.82. The van der Waals surface area contributed by atoms with Gasteiger partial charge in [-0.1, -0.05) is 12.1 Å². The number of aromatic nitrogens is 2. The molecule has 1 fully saturated rings. The highest BCUT2D eigenvalue weighted by Crippen LogP contribution is 2.35. The van der Waals surface area contributed by atoms with Crippen molar-refractivity contribution in [1.29, 1.82) is 0 Å². The van der Waals surface area contributed by atoms with Crippen molar-refractivity contribution < 1.29 is 32.6 Å². The van der Waals surface area contributed by atoms with Crippen LogP contribution in [0.15, 0.2) is 54.7 Å². The fraction of sp³-hybridized carbons (Fsp3) is 0.355. The van der Waals surface area contributed by atoms with Gasteiger partial charge >= 0.3 is 12.3 Å². The number of hydrogen-bond donors (Lipinski definition) is 3. The average Bonchev–Trinajstić information content (AvgIpc) is 2.98. The summed E-state index contributed by atoms with van der Waals surface area (Å²) in [6, 6.07) is 11.3. The number of alkyl halides is 3. The van der Waals surface area contributed by atoms with Crippen molar-refractivity contribution >= 4 is 29.1 Å². The van der Waals surface area contributed by atoms with Crippen LogP contribution in [0.25, 0.3) is 16.7 Å². The van der Waals surface area contributed by atoms with Crippen LogP contribution in [0.3, 0.4) is 0 Å². The van der Waals surface area contributed by atoms with Crippen LogP contribution in [-0.2, 0) is 10.9 Å². The van der Waals surface area contributed by atoms with Crippen LogP contribution in [-0.4, -0.2) is 58.9 Å². The molecule has 0 atom stereocenters. The van der Waals surface area contributed by atoms with Crippen LogP contribution in [0.1, 0.15) is 53.5 Å². The molecule has 3 N–H and O–H groups in total. The van der Waals surface area contributed by atoms with Gasteiger partial charge in [-0.3, -0.25) is 9.78 Å². The zero-order valence-electron chi connectivity index (χ0n) is 23.8. The number of aryl methyl sites for hydroxylation is 1. The average molecular weight is 596 g/mol. The SMILES string of the molecule is Cc1ccc(NC(=O)c2ccnc(C(F)(F)F)c2)cc1-c1cc(C2=CCOCC2)nc(N2CCC(C)(NC(=O)O)CC2)c1. The Kier molecular flexibility index (Phi) is 8.41. The summed E-state index contributed by atoms with van der Waals surface area (Å²) in [4.78, 5) is 34.6. The van der Waals surface area contributed by atoms with Crippen molar-refractivity contribution in [3.05, 3.63) is 77.3 Å². The van der Waals surface area contributed by atoms with Gasteiger partial charge in [0, 0.05) is 36.1 Å². The fourth-order valence-corrected chi connectivity index (χ4v) is 5.31. The molecule has 1 saturated heterocycles. The molecule has 0 unspecified atom stereocenters. The van der Waals surface area contributed by atoms with Gasteiger partial charge in [-0.05, 0) is 91.8 Å². The number of pyridine rings is 2. The molecule has 2 aliphatic rings. The molecule has 0 saturated carbocycles. The summed E-state index contributed by atoms with van der Waals surface area (Å²) in [6.07, 6.45) is -0.801. The van der Waals surface area contributed by atoms with Crippen LogP contribution in [0.4, 0.5) is 29.5 Å². The Morgan fingerprint density at radius 1 is 1.09 bits per heavy atom. The molecule has 2 aliphatic heterocycles. The smallest absolute Gasteiger partial charge is 0.433 e. The fourth-order valence-electron chi connectivity index (χ4n) is 5.31. The highest BCUT2D eigenvalue weighted by molar-refractivity contribution is 6.04. The molecule has 226 valence electrons. The van der Waals surface area contributed by atoms with Gasteiger partial charge in [-0.25, -0.2) is 9.78 Å². The van der Waals surface area contributed by atoms with E-state index >= 15 is 0 Å². The summed E-state index contributed by atoms with van der Waals surface area (Å²) in [6.45, 7) is 6.13. The number of amides is 2. The van der Waals surface area contributed by atoms with Gasteiger partial charge in [0.2, 0.25) is 0 Å². The van der Waals surface area contributed by atoms with E-state index in [2.05, 4.69) is 20.5 Å². The van der Waals surface area contributed by atoms with Crippen molar-refractivity contribution in [3.8, 4) is 11.1 Å². The minimum atomic E-state index is -4.66. The lowest BCUT2D eigenvalue weighted by Crippen LogP contribution is -2.53. The second kappa shape index (κ2) is 12.0. The molecule has 4 heterocycles. The maximum absolute atomic E-state index is 13.1. The van der Waals surface area contributed by atoms with E-state index in [-0.39, 0.29) is 5.56 Å². The molecule has 5 rings (SSSR count). The van der Waals surface area contributed by atoms with Crippen LogP contribution >= 0.6 is 0 Å². The first-order valence-corrected chi connectivity index (χ1v) is 13.9. The van der Waals surface area contributed by atoms with Gasteiger partial charge in [-0.15, -0.1) is 0 Å². The zero-order valence-corrected chi connectivity index (χ0v) is 23.8. The van der Waals surface area contributed by atoms with E-state index < -0.39 is 29.4 Å². The quantitative estimate of drug-likeness (QED) is 0.313. The predicted octanol–water partition coefficient (Wildman–Crippen LogP) is 6.15. The second-order valence-corrected chi connectivity index (χ2v) is 11.0. The van der Waals surface area contributed by atoms with Gasteiger partial charge in [0.1, 0.15) is 11.5 Å². The van der Waals surface area contributed by atoms with Gasteiger partial charge in [0.15, 0.2) is 0 Å². The summed E-state index contributed by atoms with van der Waals surface area (Å²) in [7, 11) is 0. The second-order valence-electron chi connectivity index (χ2n) is 11.0. The molecule has 12 heteroatoms. The van der Waals surface area contributed by atoms with E-state index in [1.807, 2.05) is 38.1 Å². The number of hydrogen-bond acceptors (Lipinski definition) is 6. The minimum absolute atomic E-state index is 0.154. The van der Waals surface area contributed by atoms with Crippen LogP contribution in [0.5, 0.6) is 0 Å². The number of rotatable bonds is 6. The summed E-state index contributed by atoms with van der Waals surface area (Å²) < 4.78 is 44.9. The number of ether oxygens (including phenoxy) is 1. The topological polar surface area (TPSA) is 117 Å². The molecule has 0 spiro atoms. The molecular formula is C31H32F3N5O4. The maximum Gasteiger partial charge on any atom is 0.433 e. The molecular weight excluding hydrogens is 563 g/mol. The normalized spacial score (nSPS) is 16.8. The Hall–Kier alpha value is -4.45. The molecule has 43 heavy (non-hydrogen) atoms. The molecule has 9 nitrogen and oxygen atoms in total. The molecule has 1 aromatic carbocycles. The van der Waals surface area contributed by atoms with E-state index in [9.17, 15) is 27.9 Å². The summed E-state index contributed by atoms with van der Waals surface area (Å²) in [5.41, 5.74) is 3.10. The van der Waals surface area contributed by atoms with Crippen molar-refractivity contribution in [2.75, 3.05) is 36.5 Å². The van der Waals surface area contributed by atoms with Crippen LogP contribution in [0.2, 0.25) is 0 Å². The largest absolute Gasteiger partial charge is 0.465 e. The first kappa shape index (κ1) is 30.0. The number of benzene rings is 1. The number of halogens is 3. The number of carboxylic acid groups (broad SMARTS) is 1. The monoisotopic (exact) mass is 595 g/mol. The molecule has 0 radical (unpaired) electrons.